The minimum Gasteiger partial charge on any atom is -0.480 e. The van der Waals surface area contributed by atoms with Crippen LogP contribution in [0.2, 0.25) is 0 Å². The van der Waals surface area contributed by atoms with Crippen LogP contribution in [0.4, 0.5) is 0 Å². The summed E-state index contributed by atoms with van der Waals surface area (Å²) < 4.78 is 0. The van der Waals surface area contributed by atoms with E-state index in [-0.39, 0.29) is 6.61 Å². The fraction of sp³-hybridized carbons (Fsp3) is 0.800. The van der Waals surface area contributed by atoms with Gasteiger partial charge in [-0.15, -0.1) is 0 Å². The first kappa shape index (κ1) is 9.35. The Bertz CT molecular complexity index is 106. The lowest BCUT2D eigenvalue weighted by atomic mass is 10.2. The molecule has 60 valence electrons. The zero-order chi connectivity index (χ0) is 7.98. The van der Waals surface area contributed by atoms with Crippen LogP contribution in [0.15, 0.2) is 0 Å². The summed E-state index contributed by atoms with van der Waals surface area (Å²) in [6.07, 6.45) is 0.764. The summed E-state index contributed by atoms with van der Waals surface area (Å²) in [4.78, 5) is 13.8. The average Bonchev–Trinajstić information content (AvgIpc) is 1.88. The molecule has 0 aliphatic carbocycles. The standard InChI is InChI=1S/C5H11NO4/c6-4(5(7)8)2-1-3-10-9/h4,9H,1-3,6H2,(H,7,8). The third-order valence-corrected chi connectivity index (χ3v) is 1.07. The van der Waals surface area contributed by atoms with E-state index in [9.17, 15) is 4.79 Å². The molecule has 0 saturated heterocycles. The smallest absolute Gasteiger partial charge is 0.320 e. The van der Waals surface area contributed by atoms with Gasteiger partial charge in [0.1, 0.15) is 6.04 Å². The lowest BCUT2D eigenvalue weighted by molar-refractivity contribution is -0.242. The van der Waals surface area contributed by atoms with Crippen LogP contribution in [-0.2, 0) is 9.68 Å². The van der Waals surface area contributed by atoms with Crippen molar-refractivity contribution < 1.29 is 20.0 Å². The summed E-state index contributed by atoms with van der Waals surface area (Å²) >= 11 is 0. The van der Waals surface area contributed by atoms with Gasteiger partial charge >= 0.3 is 5.97 Å². The quantitative estimate of drug-likeness (QED) is 0.282. The predicted molar refractivity (Wildman–Crippen MR) is 33.4 cm³/mol. The molecular weight excluding hydrogens is 138 g/mol. The number of nitrogens with two attached hydrogens (primary N) is 1. The van der Waals surface area contributed by atoms with Gasteiger partial charge in [-0.2, -0.15) is 0 Å². The van der Waals surface area contributed by atoms with E-state index < -0.39 is 12.0 Å². The van der Waals surface area contributed by atoms with Gasteiger partial charge in [0.2, 0.25) is 0 Å². The first-order valence-electron chi connectivity index (χ1n) is 2.93. The Kier molecular flexibility index (Phi) is 4.82. The highest BCUT2D eigenvalue weighted by Gasteiger charge is 2.09. The van der Waals surface area contributed by atoms with Gasteiger partial charge < -0.3 is 10.8 Å². The Morgan fingerprint density at radius 2 is 2.30 bits per heavy atom. The second-order valence-electron chi connectivity index (χ2n) is 1.92. The van der Waals surface area contributed by atoms with Crippen molar-refractivity contribution in [1.29, 1.82) is 0 Å². The van der Waals surface area contributed by atoms with Gasteiger partial charge in [-0.3, -0.25) is 10.1 Å². The summed E-state index contributed by atoms with van der Waals surface area (Å²) in [6.45, 7) is 0.126. The monoisotopic (exact) mass is 149 g/mol. The zero-order valence-electron chi connectivity index (χ0n) is 5.49. The van der Waals surface area contributed by atoms with Crippen molar-refractivity contribution in [1.82, 2.24) is 0 Å². The molecule has 0 aliphatic heterocycles. The maximum atomic E-state index is 10.1. The summed E-state index contributed by atoms with van der Waals surface area (Å²) in [6, 6.07) is -0.852. The molecule has 0 aromatic rings. The predicted octanol–water partition coefficient (Wildman–Crippen LogP) is -0.332. The molecule has 0 amide bonds. The number of carbonyl (C=O) groups is 1. The molecule has 1 atom stereocenters. The van der Waals surface area contributed by atoms with Gasteiger partial charge in [0.25, 0.3) is 0 Å². The highest BCUT2D eigenvalue weighted by Crippen LogP contribution is 1.93. The van der Waals surface area contributed by atoms with Gasteiger partial charge in [-0.1, -0.05) is 0 Å². The first-order valence-corrected chi connectivity index (χ1v) is 2.93. The molecule has 0 aromatic carbocycles. The van der Waals surface area contributed by atoms with E-state index in [0.29, 0.717) is 12.8 Å². The number of carboxylic acids is 1. The highest BCUT2D eigenvalue weighted by molar-refractivity contribution is 5.72. The lowest BCUT2D eigenvalue weighted by Crippen LogP contribution is -2.30. The molecule has 5 nitrogen and oxygen atoms in total. The molecule has 0 fully saturated rings. The molecule has 5 heteroatoms. The first-order chi connectivity index (χ1) is 4.68. The van der Waals surface area contributed by atoms with Crippen molar-refractivity contribution in [2.45, 2.75) is 18.9 Å². The highest BCUT2D eigenvalue weighted by atomic mass is 17.1. The molecule has 0 saturated carbocycles. The molecule has 0 aromatic heterocycles. The molecule has 0 heterocycles. The minimum absolute atomic E-state index is 0.126. The average molecular weight is 149 g/mol. The van der Waals surface area contributed by atoms with Crippen LogP contribution in [0.25, 0.3) is 0 Å². The molecule has 4 N–H and O–H groups in total. The SMILES string of the molecule is NC(CCCOO)C(=O)O. The molecule has 0 bridgehead atoms. The van der Waals surface area contributed by atoms with Crippen LogP contribution in [0, 0.1) is 0 Å². The molecular formula is C5H11NO4. The molecule has 0 spiro atoms. The summed E-state index contributed by atoms with van der Waals surface area (Å²) in [5, 5.41) is 16.1. The number of carboxylic acid groups (broad SMARTS) is 1. The third-order valence-electron chi connectivity index (χ3n) is 1.07. The van der Waals surface area contributed by atoms with Gasteiger partial charge in [-0.05, 0) is 12.8 Å². The Balaban J connectivity index is 3.21. The van der Waals surface area contributed by atoms with Crippen molar-refractivity contribution in [2.75, 3.05) is 6.61 Å². The second kappa shape index (κ2) is 5.16. The maximum Gasteiger partial charge on any atom is 0.320 e. The maximum absolute atomic E-state index is 10.1. The fourth-order valence-electron chi connectivity index (χ4n) is 0.491. The van der Waals surface area contributed by atoms with Crippen LogP contribution in [0.3, 0.4) is 0 Å². The largest absolute Gasteiger partial charge is 0.480 e. The summed E-state index contributed by atoms with van der Waals surface area (Å²) in [7, 11) is 0. The van der Waals surface area contributed by atoms with E-state index >= 15 is 0 Å². The van der Waals surface area contributed by atoms with E-state index in [1.54, 1.807) is 0 Å². The van der Waals surface area contributed by atoms with Crippen LogP contribution < -0.4 is 5.73 Å². The number of hydrogen-bond donors (Lipinski definition) is 3. The molecule has 0 aliphatic rings. The molecule has 10 heavy (non-hydrogen) atoms. The summed E-state index contributed by atoms with van der Waals surface area (Å²) in [5.74, 6) is -1.03. The van der Waals surface area contributed by atoms with E-state index in [1.807, 2.05) is 0 Å². The van der Waals surface area contributed by atoms with Gasteiger partial charge in [0, 0.05) is 0 Å². The topological polar surface area (TPSA) is 92.8 Å². The van der Waals surface area contributed by atoms with Gasteiger partial charge in [0.15, 0.2) is 0 Å². The number of rotatable bonds is 5. The number of hydrogen-bond acceptors (Lipinski definition) is 4. The van der Waals surface area contributed by atoms with E-state index in [0.717, 1.165) is 0 Å². The number of aliphatic carboxylic acids is 1. The van der Waals surface area contributed by atoms with Crippen LogP contribution >= 0.6 is 0 Å². The second-order valence-corrected chi connectivity index (χ2v) is 1.92. The lowest BCUT2D eigenvalue weighted by Gasteiger charge is -2.03. The van der Waals surface area contributed by atoms with E-state index in [1.165, 1.54) is 0 Å². The normalized spacial score (nSPS) is 13.0. The van der Waals surface area contributed by atoms with Crippen molar-refractivity contribution in [3.8, 4) is 0 Å². The van der Waals surface area contributed by atoms with Gasteiger partial charge in [0.05, 0.1) is 6.61 Å². The van der Waals surface area contributed by atoms with Crippen LogP contribution in [0.5, 0.6) is 0 Å². The van der Waals surface area contributed by atoms with E-state index in [2.05, 4.69) is 4.89 Å². The molecule has 1 unspecified atom stereocenters. The molecule has 0 radical (unpaired) electrons. The Morgan fingerprint density at radius 1 is 1.70 bits per heavy atom. The Labute approximate surface area is 58.3 Å². The zero-order valence-corrected chi connectivity index (χ0v) is 5.49. The van der Waals surface area contributed by atoms with Crippen molar-refractivity contribution >= 4 is 5.97 Å². The van der Waals surface area contributed by atoms with Crippen LogP contribution in [-0.4, -0.2) is 29.0 Å². The van der Waals surface area contributed by atoms with E-state index in [4.69, 9.17) is 16.1 Å². The van der Waals surface area contributed by atoms with Crippen LogP contribution in [0.1, 0.15) is 12.8 Å². The third kappa shape index (κ3) is 4.25. The van der Waals surface area contributed by atoms with Crippen molar-refractivity contribution in [3.05, 3.63) is 0 Å². The van der Waals surface area contributed by atoms with Crippen molar-refractivity contribution in [3.63, 3.8) is 0 Å². The van der Waals surface area contributed by atoms with Gasteiger partial charge in [-0.25, -0.2) is 4.89 Å². The minimum atomic E-state index is -1.03. The van der Waals surface area contributed by atoms with Crippen molar-refractivity contribution in [2.24, 2.45) is 5.73 Å². The Hall–Kier alpha value is -0.650. The molecule has 0 rings (SSSR count). The summed E-state index contributed by atoms with van der Waals surface area (Å²) in [5.41, 5.74) is 5.12. The Morgan fingerprint density at radius 3 is 2.70 bits per heavy atom. The fourth-order valence-corrected chi connectivity index (χ4v) is 0.491.